The molecule has 0 bridgehead atoms. The molecule has 1 heterocycles. The van der Waals surface area contributed by atoms with Crippen LogP contribution in [0.3, 0.4) is 0 Å². The Morgan fingerprint density at radius 1 is 1.50 bits per heavy atom. The third kappa shape index (κ3) is 5.23. The third-order valence-corrected chi connectivity index (χ3v) is 3.97. The van der Waals surface area contributed by atoms with Crippen molar-refractivity contribution in [3.8, 4) is 0 Å². The fraction of sp³-hybridized carbons (Fsp3) is 0.462. The number of benzene rings is 1. The van der Waals surface area contributed by atoms with Crippen molar-refractivity contribution >= 4 is 33.3 Å². The van der Waals surface area contributed by atoms with Crippen LogP contribution >= 0.6 is 15.9 Å². The van der Waals surface area contributed by atoms with E-state index in [1.807, 2.05) is 7.05 Å². The molecule has 1 saturated heterocycles. The van der Waals surface area contributed by atoms with E-state index >= 15 is 0 Å². The first kappa shape index (κ1) is 18.3. The van der Waals surface area contributed by atoms with Crippen LogP contribution in [-0.4, -0.2) is 41.0 Å². The van der Waals surface area contributed by atoms with E-state index in [1.54, 1.807) is 0 Å². The van der Waals surface area contributed by atoms with Gasteiger partial charge in [0.2, 0.25) is 0 Å². The van der Waals surface area contributed by atoms with E-state index in [9.17, 15) is 19.3 Å². The van der Waals surface area contributed by atoms with Crippen molar-refractivity contribution in [3.63, 3.8) is 0 Å². The molecule has 0 unspecified atom stereocenters. The highest BCUT2D eigenvalue weighted by molar-refractivity contribution is 9.10. The predicted molar refractivity (Wildman–Crippen MR) is 83.0 cm³/mol. The van der Waals surface area contributed by atoms with Crippen molar-refractivity contribution in [2.75, 3.05) is 25.9 Å². The summed E-state index contributed by atoms with van der Waals surface area (Å²) < 4.78 is 12.7. The average Bonchev–Trinajstić information content (AvgIpc) is 2.43. The first-order valence-electron chi connectivity index (χ1n) is 6.52. The van der Waals surface area contributed by atoms with Crippen molar-refractivity contribution in [1.29, 1.82) is 0 Å². The van der Waals surface area contributed by atoms with E-state index in [-0.39, 0.29) is 21.8 Å². The van der Waals surface area contributed by atoms with Crippen LogP contribution in [0.4, 0.5) is 15.8 Å². The van der Waals surface area contributed by atoms with Crippen LogP contribution < -0.4 is 5.73 Å². The van der Waals surface area contributed by atoms with Gasteiger partial charge in [-0.3, -0.25) is 14.9 Å². The smallest absolute Gasteiger partial charge is 0.306 e. The summed E-state index contributed by atoms with van der Waals surface area (Å²) in [7, 11) is 2.03. The molecule has 3 N–H and O–H groups in total. The molecule has 0 aliphatic carbocycles. The number of aliphatic carboxylic acids is 1. The van der Waals surface area contributed by atoms with Crippen LogP contribution in [0.5, 0.6) is 0 Å². The van der Waals surface area contributed by atoms with Gasteiger partial charge < -0.3 is 15.7 Å². The van der Waals surface area contributed by atoms with Crippen molar-refractivity contribution in [3.05, 3.63) is 32.5 Å². The van der Waals surface area contributed by atoms with Crippen LogP contribution in [0, 0.1) is 21.8 Å². The minimum Gasteiger partial charge on any atom is -0.481 e. The maximum absolute atomic E-state index is 12.6. The van der Waals surface area contributed by atoms with Gasteiger partial charge in [-0.15, -0.1) is 0 Å². The number of nitrogens with zero attached hydrogens (tertiary/aromatic N) is 2. The highest BCUT2D eigenvalue weighted by Gasteiger charge is 2.22. The second kappa shape index (κ2) is 8.04. The second-order valence-electron chi connectivity index (χ2n) is 5.00. The van der Waals surface area contributed by atoms with Crippen LogP contribution in [0.2, 0.25) is 0 Å². The number of carbonyl (C=O) groups is 1. The van der Waals surface area contributed by atoms with E-state index in [0.29, 0.717) is 0 Å². The normalized spacial score (nSPS) is 15.8. The maximum Gasteiger partial charge on any atom is 0.306 e. The number of likely N-dealkylation sites (tertiary alicyclic amines) is 1. The summed E-state index contributed by atoms with van der Waals surface area (Å²) in [6.07, 6.45) is 1.62. The van der Waals surface area contributed by atoms with Gasteiger partial charge in [-0.05, 0) is 55.0 Å². The molecule has 1 aromatic rings. The molecule has 22 heavy (non-hydrogen) atoms. The number of anilines is 1. The summed E-state index contributed by atoms with van der Waals surface area (Å²) in [5.74, 6) is -1.39. The van der Waals surface area contributed by atoms with Crippen molar-refractivity contribution in [1.82, 2.24) is 4.90 Å². The molecule has 1 fully saturated rings. The molecule has 2 rings (SSSR count). The lowest BCUT2D eigenvalue weighted by Gasteiger charge is -2.25. The number of nitrogens with two attached hydrogens (primary N) is 1. The van der Waals surface area contributed by atoms with Crippen molar-refractivity contribution in [2.45, 2.75) is 12.8 Å². The zero-order valence-electron chi connectivity index (χ0n) is 12.0. The number of halogens is 2. The van der Waals surface area contributed by atoms with E-state index < -0.39 is 16.7 Å². The number of nitro groups is 1. The molecule has 1 aliphatic heterocycles. The first-order valence-corrected chi connectivity index (χ1v) is 7.32. The highest BCUT2D eigenvalue weighted by atomic mass is 79.9. The molecular formula is C13H17BrFN3O4. The van der Waals surface area contributed by atoms with Gasteiger partial charge in [-0.2, -0.15) is 0 Å². The monoisotopic (exact) mass is 377 g/mol. The number of hydrogen-bond acceptors (Lipinski definition) is 5. The van der Waals surface area contributed by atoms with Crippen LogP contribution in [0.25, 0.3) is 0 Å². The molecule has 9 heteroatoms. The van der Waals surface area contributed by atoms with E-state index in [1.165, 1.54) is 0 Å². The number of rotatable bonds is 2. The van der Waals surface area contributed by atoms with Crippen LogP contribution in [0.1, 0.15) is 12.8 Å². The van der Waals surface area contributed by atoms with Gasteiger partial charge in [0.15, 0.2) is 0 Å². The molecular weight excluding hydrogens is 361 g/mol. The summed E-state index contributed by atoms with van der Waals surface area (Å²) >= 11 is 2.84. The lowest BCUT2D eigenvalue weighted by atomic mass is 9.98. The van der Waals surface area contributed by atoms with Crippen molar-refractivity contribution in [2.24, 2.45) is 5.92 Å². The molecule has 1 aromatic carbocycles. The molecule has 0 aromatic heterocycles. The Kier molecular flexibility index (Phi) is 6.69. The Bertz CT molecular complexity index is 562. The minimum absolute atomic E-state index is 0.0826. The molecule has 0 saturated carbocycles. The lowest BCUT2D eigenvalue weighted by molar-refractivity contribution is -0.385. The Hall–Kier alpha value is -1.74. The number of hydrogen-bond donors (Lipinski definition) is 2. The summed E-state index contributed by atoms with van der Waals surface area (Å²) in [6, 6.07) is 1.94. The fourth-order valence-corrected chi connectivity index (χ4v) is 2.41. The standard InChI is InChI=1S/C7H13NO2.C6H4BrFN2O2/c1-8-4-2-6(3-5-8)7(9)10;7-3-1-4(8)5(9)2-6(3)10(11)12/h6H,2-5H2,1H3,(H,9,10);1-2H,9H2. The summed E-state index contributed by atoms with van der Waals surface area (Å²) in [6.45, 7) is 1.86. The number of nitrogen functional groups attached to an aromatic ring is 1. The van der Waals surface area contributed by atoms with Gasteiger partial charge in [0.1, 0.15) is 5.82 Å². The Morgan fingerprint density at radius 3 is 2.50 bits per heavy atom. The molecule has 0 spiro atoms. The molecule has 0 atom stereocenters. The zero-order chi connectivity index (χ0) is 16.9. The molecule has 1 aliphatic rings. The van der Waals surface area contributed by atoms with Gasteiger partial charge >= 0.3 is 5.97 Å². The van der Waals surface area contributed by atoms with Gasteiger partial charge in [-0.1, -0.05) is 0 Å². The van der Waals surface area contributed by atoms with E-state index in [0.717, 1.165) is 38.1 Å². The second-order valence-corrected chi connectivity index (χ2v) is 5.85. The van der Waals surface area contributed by atoms with E-state index in [2.05, 4.69) is 20.8 Å². The van der Waals surface area contributed by atoms with Crippen molar-refractivity contribution < 1.29 is 19.2 Å². The Morgan fingerprint density at radius 2 is 2.05 bits per heavy atom. The topological polar surface area (TPSA) is 110 Å². The first-order chi connectivity index (χ1) is 10.2. The Balaban J connectivity index is 0.000000224. The molecule has 0 amide bonds. The third-order valence-electron chi connectivity index (χ3n) is 3.33. The summed E-state index contributed by atoms with van der Waals surface area (Å²) in [4.78, 5) is 22.3. The minimum atomic E-state index is -0.674. The van der Waals surface area contributed by atoms with E-state index in [4.69, 9.17) is 10.8 Å². The molecule has 122 valence electrons. The van der Waals surface area contributed by atoms with Gasteiger partial charge in [-0.25, -0.2) is 4.39 Å². The zero-order valence-corrected chi connectivity index (χ0v) is 13.5. The lowest BCUT2D eigenvalue weighted by Crippen LogP contribution is -2.33. The van der Waals surface area contributed by atoms with Gasteiger partial charge in [0.05, 0.1) is 21.0 Å². The SMILES string of the molecule is CN1CCC(C(=O)O)CC1.Nc1cc([N+](=O)[O-])c(Br)cc1F. The van der Waals surface area contributed by atoms with Crippen LogP contribution in [-0.2, 0) is 4.79 Å². The quantitative estimate of drug-likeness (QED) is 0.465. The average molecular weight is 378 g/mol. The number of carboxylic acids is 1. The number of nitro benzene ring substituents is 1. The summed E-state index contributed by atoms with van der Waals surface area (Å²) in [5, 5.41) is 18.9. The van der Waals surface area contributed by atoms with Gasteiger partial charge in [0.25, 0.3) is 5.69 Å². The predicted octanol–water partition coefficient (Wildman–Crippen LogP) is 2.49. The van der Waals surface area contributed by atoms with Gasteiger partial charge in [0, 0.05) is 6.07 Å². The molecule has 0 radical (unpaired) electrons. The maximum atomic E-state index is 12.6. The number of carboxylic acid groups (broad SMARTS) is 1. The Labute approximate surface area is 135 Å². The van der Waals surface area contributed by atoms with Crippen LogP contribution in [0.15, 0.2) is 16.6 Å². The summed E-state index contributed by atoms with van der Waals surface area (Å²) in [5.41, 5.74) is 4.65. The number of piperidine rings is 1. The highest BCUT2D eigenvalue weighted by Crippen LogP contribution is 2.28. The molecule has 7 nitrogen and oxygen atoms in total. The largest absolute Gasteiger partial charge is 0.481 e. The fourth-order valence-electron chi connectivity index (χ4n) is 1.95.